The van der Waals surface area contributed by atoms with Gasteiger partial charge in [-0.3, -0.25) is 0 Å². The van der Waals surface area contributed by atoms with Crippen LogP contribution in [0.25, 0.3) is 0 Å². The molecule has 0 aromatic carbocycles. The second kappa shape index (κ2) is 6.96. The molecule has 4 fully saturated rings. The SMILES string of the molecule is CC1CCC2CC(C)CC3C4CC(C)CCCC4C(C)C3C2CC1. The minimum atomic E-state index is 0.991. The summed E-state index contributed by atoms with van der Waals surface area (Å²) >= 11 is 0. The van der Waals surface area contributed by atoms with Crippen LogP contribution in [0.4, 0.5) is 0 Å². The Balaban J connectivity index is 1.64. The van der Waals surface area contributed by atoms with Crippen LogP contribution in [0.3, 0.4) is 0 Å². The molecule has 0 bridgehead atoms. The van der Waals surface area contributed by atoms with E-state index in [1.165, 1.54) is 25.7 Å². The molecule has 0 amide bonds. The third-order valence-electron chi connectivity index (χ3n) is 9.29. The van der Waals surface area contributed by atoms with Gasteiger partial charge in [0.25, 0.3) is 0 Å². The summed E-state index contributed by atoms with van der Waals surface area (Å²) in [6.07, 6.45) is 15.5. The van der Waals surface area contributed by atoms with E-state index in [0.29, 0.717) is 0 Å². The summed E-state index contributed by atoms with van der Waals surface area (Å²) in [5.41, 5.74) is 0. The highest BCUT2D eigenvalue weighted by Crippen LogP contribution is 2.61. The Hall–Kier alpha value is 0. The topological polar surface area (TPSA) is 0 Å². The highest BCUT2D eigenvalue weighted by Gasteiger charge is 2.53. The maximum Gasteiger partial charge on any atom is -0.0323 e. The highest BCUT2D eigenvalue weighted by atomic mass is 14.6. The van der Waals surface area contributed by atoms with E-state index in [-0.39, 0.29) is 0 Å². The summed E-state index contributed by atoms with van der Waals surface area (Å²) < 4.78 is 0. The molecule has 0 radical (unpaired) electrons. The van der Waals surface area contributed by atoms with Crippen molar-refractivity contribution in [3.05, 3.63) is 0 Å². The van der Waals surface area contributed by atoms with E-state index in [2.05, 4.69) is 27.7 Å². The molecule has 0 aromatic heterocycles. The average molecular weight is 331 g/mol. The van der Waals surface area contributed by atoms with Crippen molar-refractivity contribution in [2.45, 2.75) is 91.9 Å². The van der Waals surface area contributed by atoms with E-state index >= 15 is 0 Å². The van der Waals surface area contributed by atoms with Gasteiger partial charge in [-0.1, -0.05) is 53.4 Å². The van der Waals surface area contributed by atoms with Crippen LogP contribution < -0.4 is 0 Å². The molecule has 138 valence electrons. The highest BCUT2D eigenvalue weighted by molar-refractivity contribution is 5.02. The predicted molar refractivity (Wildman–Crippen MR) is 104 cm³/mol. The number of hydrogen-bond acceptors (Lipinski definition) is 0. The number of hydrogen-bond donors (Lipinski definition) is 0. The maximum atomic E-state index is 2.69. The predicted octanol–water partition coefficient (Wildman–Crippen LogP) is 7.18. The number of fused-ring (bicyclic) bond motifs is 5. The number of rotatable bonds is 0. The van der Waals surface area contributed by atoms with E-state index < -0.39 is 0 Å². The van der Waals surface area contributed by atoms with Crippen LogP contribution in [-0.2, 0) is 0 Å². The van der Waals surface area contributed by atoms with Crippen LogP contribution in [-0.4, -0.2) is 0 Å². The molecule has 4 aliphatic carbocycles. The molecule has 0 N–H and O–H groups in total. The first-order valence-corrected chi connectivity index (χ1v) is 11.5. The fourth-order valence-electron chi connectivity index (χ4n) is 8.27. The minimum absolute atomic E-state index is 0.991. The van der Waals surface area contributed by atoms with E-state index in [1.54, 1.807) is 38.5 Å². The van der Waals surface area contributed by atoms with Gasteiger partial charge in [-0.05, 0) is 97.7 Å². The summed E-state index contributed by atoms with van der Waals surface area (Å²) in [6, 6.07) is 0. The van der Waals surface area contributed by atoms with E-state index in [4.69, 9.17) is 0 Å². The van der Waals surface area contributed by atoms with Crippen molar-refractivity contribution in [1.82, 2.24) is 0 Å². The lowest BCUT2D eigenvalue weighted by atomic mass is 9.70. The molecule has 0 nitrogen and oxygen atoms in total. The van der Waals surface area contributed by atoms with Crippen LogP contribution >= 0.6 is 0 Å². The Morgan fingerprint density at radius 2 is 1.25 bits per heavy atom. The molecule has 10 atom stereocenters. The largest absolute Gasteiger partial charge is 0.0625 e. The van der Waals surface area contributed by atoms with Crippen LogP contribution in [0.5, 0.6) is 0 Å². The van der Waals surface area contributed by atoms with Gasteiger partial charge in [0.15, 0.2) is 0 Å². The fourth-order valence-corrected chi connectivity index (χ4v) is 8.27. The van der Waals surface area contributed by atoms with Crippen molar-refractivity contribution >= 4 is 0 Å². The lowest BCUT2D eigenvalue weighted by Crippen LogP contribution is -2.28. The maximum absolute atomic E-state index is 2.69. The quantitative estimate of drug-likeness (QED) is 0.441. The summed E-state index contributed by atoms with van der Waals surface area (Å²) in [6.45, 7) is 10.4. The Morgan fingerprint density at radius 3 is 2.08 bits per heavy atom. The van der Waals surface area contributed by atoms with E-state index in [1.807, 2.05) is 0 Å². The van der Waals surface area contributed by atoms with Crippen LogP contribution in [0.2, 0.25) is 0 Å². The monoisotopic (exact) mass is 330 g/mol. The third-order valence-corrected chi connectivity index (χ3v) is 9.29. The normalized spacial score (nSPS) is 55.5. The first kappa shape index (κ1) is 17.4. The van der Waals surface area contributed by atoms with Gasteiger partial charge in [0.05, 0.1) is 0 Å². The Labute approximate surface area is 151 Å². The molecular formula is C24H42. The Morgan fingerprint density at radius 1 is 0.500 bits per heavy atom. The summed E-state index contributed by atoms with van der Waals surface area (Å²) in [4.78, 5) is 0. The van der Waals surface area contributed by atoms with Crippen molar-refractivity contribution in [1.29, 1.82) is 0 Å². The third kappa shape index (κ3) is 3.09. The fraction of sp³-hybridized carbons (Fsp3) is 1.00. The van der Waals surface area contributed by atoms with Crippen molar-refractivity contribution in [2.75, 3.05) is 0 Å². The van der Waals surface area contributed by atoms with Gasteiger partial charge in [0.2, 0.25) is 0 Å². The molecule has 4 rings (SSSR count). The molecular weight excluding hydrogens is 288 g/mol. The Kier molecular flexibility index (Phi) is 5.05. The zero-order chi connectivity index (χ0) is 16.8. The van der Waals surface area contributed by atoms with Gasteiger partial charge >= 0.3 is 0 Å². The van der Waals surface area contributed by atoms with Gasteiger partial charge < -0.3 is 0 Å². The summed E-state index contributed by atoms with van der Waals surface area (Å²) in [5, 5.41) is 0. The summed E-state index contributed by atoms with van der Waals surface area (Å²) in [7, 11) is 0. The molecule has 24 heavy (non-hydrogen) atoms. The van der Waals surface area contributed by atoms with Crippen molar-refractivity contribution in [3.8, 4) is 0 Å². The average Bonchev–Trinajstić information content (AvgIpc) is 2.77. The van der Waals surface area contributed by atoms with Crippen LogP contribution in [0.1, 0.15) is 91.9 Å². The minimum Gasteiger partial charge on any atom is -0.0625 e. The molecule has 0 aliphatic heterocycles. The molecule has 4 aliphatic rings. The van der Waals surface area contributed by atoms with Crippen molar-refractivity contribution in [3.63, 3.8) is 0 Å². The molecule has 0 aromatic rings. The first-order chi connectivity index (χ1) is 11.5. The van der Waals surface area contributed by atoms with Crippen molar-refractivity contribution in [2.24, 2.45) is 59.2 Å². The molecule has 0 heterocycles. The molecule has 0 spiro atoms. The zero-order valence-corrected chi connectivity index (χ0v) is 16.8. The molecule has 0 heteroatoms. The van der Waals surface area contributed by atoms with Gasteiger partial charge in [0.1, 0.15) is 0 Å². The molecule has 10 unspecified atom stereocenters. The first-order valence-electron chi connectivity index (χ1n) is 11.5. The van der Waals surface area contributed by atoms with Crippen molar-refractivity contribution < 1.29 is 0 Å². The smallest absolute Gasteiger partial charge is 0.0323 e. The second-order valence-electron chi connectivity index (χ2n) is 11.0. The zero-order valence-electron chi connectivity index (χ0n) is 16.8. The standard InChI is InChI=1S/C24H42/c1-15-8-10-19-12-17(3)14-23-22-13-16(2)6-5-7-20(22)18(4)24(23)21(19)11-9-15/h15-24H,5-14H2,1-4H3. The van der Waals surface area contributed by atoms with Gasteiger partial charge in [-0.2, -0.15) is 0 Å². The lowest BCUT2D eigenvalue weighted by Gasteiger charge is -2.35. The van der Waals surface area contributed by atoms with E-state index in [9.17, 15) is 0 Å². The second-order valence-corrected chi connectivity index (χ2v) is 11.0. The molecule has 4 saturated carbocycles. The van der Waals surface area contributed by atoms with Gasteiger partial charge in [0, 0.05) is 0 Å². The Bertz CT molecular complexity index is 426. The lowest BCUT2D eigenvalue weighted by molar-refractivity contribution is 0.138. The van der Waals surface area contributed by atoms with Gasteiger partial charge in [-0.15, -0.1) is 0 Å². The van der Waals surface area contributed by atoms with Crippen LogP contribution in [0, 0.1) is 59.2 Å². The molecule has 0 saturated heterocycles. The summed E-state index contributed by atoms with van der Waals surface area (Å²) in [5.74, 6) is 10.5. The van der Waals surface area contributed by atoms with Gasteiger partial charge in [-0.25, -0.2) is 0 Å². The van der Waals surface area contributed by atoms with E-state index in [0.717, 1.165) is 59.2 Å². The van der Waals surface area contributed by atoms with Crippen LogP contribution in [0.15, 0.2) is 0 Å².